The maximum atomic E-state index is 3.51. The van der Waals surface area contributed by atoms with Crippen LogP contribution in [-0.2, 0) is 6.04 Å². The van der Waals surface area contributed by atoms with Crippen molar-refractivity contribution in [1.82, 2.24) is 0 Å². The van der Waals surface area contributed by atoms with Crippen molar-refractivity contribution in [3.05, 3.63) is 29.8 Å². The zero-order chi connectivity index (χ0) is 8.60. The summed E-state index contributed by atoms with van der Waals surface area (Å²) in [6, 6.07) is 9.99. The van der Waals surface area contributed by atoms with Crippen molar-refractivity contribution in [1.29, 1.82) is 0 Å². The Morgan fingerprint density at radius 2 is 2.00 bits per heavy atom. The Bertz CT molecular complexity index is 294. The molecule has 0 atom stereocenters. The van der Waals surface area contributed by atoms with Crippen molar-refractivity contribution in [2.24, 2.45) is 0 Å². The van der Waals surface area contributed by atoms with Crippen LogP contribution in [0.5, 0.6) is 0 Å². The molecule has 1 nitrogen and oxygen atoms in total. The fraction of sp³-hybridized carbons (Fsp3) is 0.400. The Hall–Kier alpha value is -0.763. The Labute approximate surface area is 74.8 Å². The molecule has 2 rings (SSSR count). The van der Waals surface area contributed by atoms with Crippen molar-refractivity contribution in [2.45, 2.75) is 19.1 Å². The van der Waals surface area contributed by atoms with Crippen LogP contribution in [0.15, 0.2) is 24.3 Å². The fourth-order valence-corrected chi connectivity index (χ4v) is 3.89. The number of rotatable bonds is 0. The van der Waals surface area contributed by atoms with Gasteiger partial charge in [-0.15, -0.1) is 0 Å². The number of hydrogen-bond acceptors (Lipinski definition) is 1. The van der Waals surface area contributed by atoms with Gasteiger partial charge in [-0.05, 0) is 17.7 Å². The van der Waals surface area contributed by atoms with Crippen LogP contribution in [0.3, 0.4) is 0 Å². The lowest BCUT2D eigenvalue weighted by atomic mass is 10.2. The molecule has 0 amide bonds. The second kappa shape index (κ2) is 2.63. The molecule has 1 aromatic rings. The third kappa shape index (κ3) is 1.39. The van der Waals surface area contributed by atoms with Crippen molar-refractivity contribution in [2.75, 3.05) is 11.5 Å². The first-order valence-electron chi connectivity index (χ1n) is 4.49. The van der Waals surface area contributed by atoms with E-state index in [0.717, 1.165) is 0 Å². The van der Waals surface area contributed by atoms with Gasteiger partial charge in [-0.25, -0.2) is 0 Å². The number of nitrogens with one attached hydrogen (secondary N) is 1. The number of para-hydroxylation sites is 1. The molecule has 1 aliphatic rings. The highest BCUT2D eigenvalue weighted by Gasteiger charge is 2.26. The molecule has 1 aliphatic heterocycles. The monoisotopic (exact) mass is 177 g/mol. The largest absolute Gasteiger partial charge is 0.388 e. The van der Waals surface area contributed by atoms with Crippen LogP contribution >= 0.6 is 0 Å². The van der Waals surface area contributed by atoms with Gasteiger partial charge < -0.3 is 5.32 Å². The topological polar surface area (TPSA) is 12.0 Å². The summed E-state index contributed by atoms with van der Waals surface area (Å²) >= 11 is 0. The molecule has 1 N–H and O–H groups in total. The zero-order valence-corrected chi connectivity index (χ0v) is 8.72. The molecular weight excluding hydrogens is 162 g/mol. The van der Waals surface area contributed by atoms with Crippen LogP contribution < -0.4 is 5.32 Å². The average molecular weight is 177 g/mol. The predicted molar refractivity (Wildman–Crippen MR) is 56.1 cm³/mol. The second-order valence-corrected chi connectivity index (χ2v) is 9.39. The summed E-state index contributed by atoms with van der Waals surface area (Å²) in [6.45, 7) is 4.88. The van der Waals surface area contributed by atoms with E-state index < -0.39 is 8.07 Å². The highest BCUT2D eigenvalue weighted by Crippen LogP contribution is 2.25. The molecular formula is C10H15NSi. The van der Waals surface area contributed by atoms with E-state index in [4.69, 9.17) is 0 Å². The third-order valence-electron chi connectivity index (χ3n) is 2.44. The van der Waals surface area contributed by atoms with Crippen LogP contribution in [0, 0.1) is 0 Å². The van der Waals surface area contributed by atoms with Gasteiger partial charge in [-0.1, -0.05) is 31.3 Å². The SMILES string of the molecule is C[Si]1(C)CNc2ccccc2C1. The highest BCUT2D eigenvalue weighted by atomic mass is 28.3. The summed E-state index contributed by atoms with van der Waals surface area (Å²) in [5.74, 6) is 0. The summed E-state index contributed by atoms with van der Waals surface area (Å²) in [6.07, 6.45) is 1.23. The summed E-state index contributed by atoms with van der Waals surface area (Å²) in [4.78, 5) is 0. The van der Waals surface area contributed by atoms with Gasteiger partial charge in [0.1, 0.15) is 0 Å². The molecule has 0 bridgehead atoms. The minimum absolute atomic E-state index is 0.953. The first kappa shape index (κ1) is 7.86. The van der Waals surface area contributed by atoms with Crippen LogP contribution in [0.25, 0.3) is 0 Å². The molecule has 1 heterocycles. The van der Waals surface area contributed by atoms with E-state index in [2.05, 4.69) is 42.7 Å². The first-order chi connectivity index (χ1) is 5.67. The summed E-state index contributed by atoms with van der Waals surface area (Å²) in [5.41, 5.74) is 2.87. The molecule has 2 heteroatoms. The summed E-state index contributed by atoms with van der Waals surface area (Å²) < 4.78 is 0. The summed E-state index contributed by atoms with van der Waals surface area (Å²) in [7, 11) is -0.953. The maximum Gasteiger partial charge on any atom is 0.0736 e. The molecule has 0 saturated heterocycles. The van der Waals surface area contributed by atoms with E-state index >= 15 is 0 Å². The smallest absolute Gasteiger partial charge is 0.0736 e. The maximum absolute atomic E-state index is 3.51. The molecule has 64 valence electrons. The van der Waals surface area contributed by atoms with Gasteiger partial charge in [0.2, 0.25) is 0 Å². The second-order valence-electron chi connectivity index (χ2n) is 4.35. The van der Waals surface area contributed by atoms with Gasteiger partial charge in [0.25, 0.3) is 0 Å². The lowest BCUT2D eigenvalue weighted by Crippen LogP contribution is -2.42. The summed E-state index contributed by atoms with van der Waals surface area (Å²) in [5, 5.41) is 3.51. The Morgan fingerprint density at radius 1 is 1.25 bits per heavy atom. The molecule has 0 aliphatic carbocycles. The molecule has 1 aromatic carbocycles. The van der Waals surface area contributed by atoms with Crippen LogP contribution in [0.2, 0.25) is 13.1 Å². The van der Waals surface area contributed by atoms with Gasteiger partial charge in [-0.3, -0.25) is 0 Å². The van der Waals surface area contributed by atoms with Crippen LogP contribution in [-0.4, -0.2) is 14.2 Å². The zero-order valence-electron chi connectivity index (χ0n) is 7.72. The standard InChI is InChI=1S/C10H15NSi/c1-12(2)7-9-5-3-4-6-10(9)11-8-12/h3-6,11H,7-8H2,1-2H3. The first-order valence-corrected chi connectivity index (χ1v) is 7.91. The number of anilines is 1. The van der Waals surface area contributed by atoms with Crippen molar-refractivity contribution < 1.29 is 0 Å². The van der Waals surface area contributed by atoms with E-state index in [0.29, 0.717) is 0 Å². The Morgan fingerprint density at radius 3 is 2.83 bits per heavy atom. The van der Waals surface area contributed by atoms with Gasteiger partial charge in [0, 0.05) is 11.9 Å². The predicted octanol–water partition coefficient (Wildman–Crippen LogP) is 2.44. The lowest BCUT2D eigenvalue weighted by molar-refractivity contribution is 1.18. The lowest BCUT2D eigenvalue weighted by Gasteiger charge is -2.30. The minimum Gasteiger partial charge on any atom is -0.388 e. The number of hydrogen-bond donors (Lipinski definition) is 1. The third-order valence-corrected chi connectivity index (χ3v) is 4.92. The van der Waals surface area contributed by atoms with Crippen molar-refractivity contribution >= 4 is 13.8 Å². The minimum atomic E-state index is -0.953. The van der Waals surface area contributed by atoms with E-state index in [-0.39, 0.29) is 0 Å². The fourth-order valence-electron chi connectivity index (χ4n) is 1.76. The van der Waals surface area contributed by atoms with Gasteiger partial charge >= 0.3 is 0 Å². The van der Waals surface area contributed by atoms with Gasteiger partial charge in [-0.2, -0.15) is 0 Å². The number of fused-ring (bicyclic) bond motifs is 1. The van der Waals surface area contributed by atoms with Crippen LogP contribution in [0.4, 0.5) is 5.69 Å². The van der Waals surface area contributed by atoms with Crippen LogP contribution in [0.1, 0.15) is 5.56 Å². The average Bonchev–Trinajstić information content (AvgIpc) is 2.02. The molecule has 12 heavy (non-hydrogen) atoms. The van der Waals surface area contributed by atoms with E-state index in [1.54, 1.807) is 0 Å². The molecule has 0 aromatic heterocycles. The molecule has 0 fully saturated rings. The van der Waals surface area contributed by atoms with E-state index in [1.165, 1.54) is 23.5 Å². The highest BCUT2D eigenvalue weighted by molar-refractivity contribution is 6.77. The molecule has 0 saturated carbocycles. The van der Waals surface area contributed by atoms with Gasteiger partial charge in [0.15, 0.2) is 0 Å². The Kier molecular flexibility index (Phi) is 1.72. The molecule has 0 unspecified atom stereocenters. The van der Waals surface area contributed by atoms with Crippen molar-refractivity contribution in [3.63, 3.8) is 0 Å². The normalized spacial score (nSPS) is 19.5. The molecule has 0 spiro atoms. The molecule has 0 radical (unpaired) electrons. The van der Waals surface area contributed by atoms with Crippen molar-refractivity contribution in [3.8, 4) is 0 Å². The van der Waals surface area contributed by atoms with E-state index in [9.17, 15) is 0 Å². The van der Waals surface area contributed by atoms with Gasteiger partial charge in [0.05, 0.1) is 8.07 Å². The Balaban J connectivity index is 2.35. The number of benzene rings is 1. The quantitative estimate of drug-likeness (QED) is 0.600. The van der Waals surface area contributed by atoms with E-state index in [1.807, 2.05) is 0 Å².